The van der Waals surface area contributed by atoms with E-state index in [0.717, 1.165) is 72.1 Å². The van der Waals surface area contributed by atoms with E-state index in [1.807, 2.05) is 63.9 Å². The molecule has 0 bridgehead atoms. The maximum atomic E-state index is 8.93. The molecule has 0 atom stereocenters. The average Bonchev–Trinajstić information content (AvgIpc) is 1.69. The zero-order valence-electron chi connectivity index (χ0n) is 53.6. The second kappa shape index (κ2) is 19.6. The number of hydrogen-bond acceptors (Lipinski definition) is 3. The molecule has 79 heavy (non-hydrogen) atoms. The number of benzene rings is 9. The molecule has 0 aliphatic rings. The SMILES string of the molecule is [2H]c1c([2H])c([2H])c(-c2cccc(-c3c([2H])c([2H])c([2H])c([2H])c3[2H])c2CCC[n+]2[c-]n(-c3cc(Oc4ccc5c6cc(-c7cccc8c9ccccc9n(-c9ccccc9)c78)ccc6n(-c6cc(C(C)(C)C)ccn6)c5c4)ccn3)c3ccccc32)c([2H])c1[2H]. The van der Waals surface area contributed by atoms with Gasteiger partial charge < -0.3 is 18.4 Å². The fraction of sp³-hybridized carbons (Fsp3) is 0.0972. The van der Waals surface area contributed by atoms with Crippen molar-refractivity contribution in [1.82, 2.24) is 23.7 Å². The highest BCUT2D eigenvalue weighted by Crippen LogP contribution is 2.42. The molecule has 5 heterocycles. The molecule has 14 aromatic rings. The number of aromatic nitrogens is 6. The molecular weight excluding hydrogens is 965 g/mol. The van der Waals surface area contributed by atoms with Crippen molar-refractivity contribution in [1.29, 1.82) is 0 Å². The first-order chi connectivity index (χ1) is 43.0. The van der Waals surface area contributed by atoms with Crippen LogP contribution in [0.2, 0.25) is 0 Å². The number of aryl methyl sites for hydroxylation is 1. The molecule has 0 aliphatic carbocycles. The van der Waals surface area contributed by atoms with Gasteiger partial charge >= 0.3 is 0 Å². The van der Waals surface area contributed by atoms with E-state index in [1.54, 1.807) is 24.4 Å². The van der Waals surface area contributed by atoms with E-state index in [4.69, 9.17) is 28.4 Å². The lowest BCUT2D eigenvalue weighted by Gasteiger charge is -2.20. The van der Waals surface area contributed by atoms with Crippen LogP contribution in [0.3, 0.4) is 0 Å². The standard InChI is InChI=1S/C72H56N6O/c1-72(2,3)52-39-41-74-70(45-52)78-65-38-35-51(58-29-18-30-62-60-26-13-14-32-64(60)77(71(58)62)53-24-11-6-12-25-53)44-63(65)61-37-36-54(46-68(61)78)79-55-40-42-73-69(47-55)76-48-75(66-33-15-16-34-67(66)76)43-19-31-59-56(49-20-7-4-8-21-49)27-17-28-57(59)50-22-9-5-10-23-50/h4-18,20-30,32-42,44-47H,19,31,43H2,1-3H3/i4D,5D,7D,8D,9D,10D,20D,21D,22D,23D. The predicted molar refractivity (Wildman–Crippen MR) is 323 cm³/mol. The van der Waals surface area contributed by atoms with Gasteiger partial charge in [-0.15, -0.1) is 0 Å². The molecule has 0 aliphatic heterocycles. The van der Waals surface area contributed by atoms with Gasteiger partial charge in [0.05, 0.1) is 53.4 Å². The van der Waals surface area contributed by atoms with Crippen LogP contribution < -0.4 is 9.30 Å². The highest BCUT2D eigenvalue weighted by molar-refractivity contribution is 6.15. The van der Waals surface area contributed by atoms with Crippen LogP contribution in [0.5, 0.6) is 11.5 Å². The molecule has 0 amide bonds. The number of para-hydroxylation sites is 5. The first-order valence-electron chi connectivity index (χ1n) is 31.4. The van der Waals surface area contributed by atoms with Crippen molar-refractivity contribution in [2.45, 2.75) is 45.6 Å². The van der Waals surface area contributed by atoms with Gasteiger partial charge in [-0.1, -0.05) is 184 Å². The maximum absolute atomic E-state index is 8.93. The van der Waals surface area contributed by atoms with E-state index in [9.17, 15) is 0 Å². The number of nitrogens with zero attached hydrogens (tertiary/aromatic N) is 6. The molecule has 7 heteroatoms. The van der Waals surface area contributed by atoms with Crippen molar-refractivity contribution in [2.75, 3.05) is 0 Å². The Morgan fingerprint density at radius 2 is 1.15 bits per heavy atom. The van der Waals surface area contributed by atoms with Crippen LogP contribution in [0.4, 0.5) is 0 Å². The first-order valence-corrected chi connectivity index (χ1v) is 26.4. The number of imidazole rings is 1. The minimum Gasteiger partial charge on any atom is -0.458 e. The molecule has 0 saturated carbocycles. The third-order valence-corrected chi connectivity index (χ3v) is 14.9. The highest BCUT2D eigenvalue weighted by Gasteiger charge is 2.22. The molecule has 0 spiro atoms. The Bertz CT molecular complexity index is 5080. The number of hydrogen-bond donors (Lipinski definition) is 0. The molecule has 0 N–H and O–H groups in total. The van der Waals surface area contributed by atoms with Gasteiger partial charge in [0.1, 0.15) is 23.1 Å². The Morgan fingerprint density at radius 3 is 1.94 bits per heavy atom. The van der Waals surface area contributed by atoms with Crippen molar-refractivity contribution < 1.29 is 23.0 Å². The Hall–Kier alpha value is -9.85. The number of pyridine rings is 2. The Morgan fingerprint density at radius 1 is 0.506 bits per heavy atom. The first kappa shape index (κ1) is 37.8. The Balaban J connectivity index is 0.826. The Labute approximate surface area is 473 Å². The lowest BCUT2D eigenvalue weighted by Crippen LogP contribution is -2.33. The largest absolute Gasteiger partial charge is 0.458 e. The van der Waals surface area contributed by atoms with Gasteiger partial charge in [-0.25, -0.2) is 4.98 Å². The summed E-state index contributed by atoms with van der Waals surface area (Å²) < 4.78 is 102. The fourth-order valence-corrected chi connectivity index (χ4v) is 11.3. The van der Waals surface area contributed by atoms with Crippen molar-refractivity contribution in [3.63, 3.8) is 0 Å². The quantitative estimate of drug-likeness (QED) is 0.0905. The van der Waals surface area contributed by atoms with Crippen LogP contribution >= 0.6 is 0 Å². The van der Waals surface area contributed by atoms with Gasteiger partial charge in [0, 0.05) is 57.3 Å². The van der Waals surface area contributed by atoms with Crippen molar-refractivity contribution in [3.8, 4) is 62.2 Å². The lowest BCUT2D eigenvalue weighted by atomic mass is 9.88. The topological polar surface area (TPSA) is 53.7 Å². The van der Waals surface area contributed by atoms with Gasteiger partial charge in [-0.2, -0.15) is 0 Å². The zero-order chi connectivity index (χ0) is 61.7. The summed E-state index contributed by atoms with van der Waals surface area (Å²) in [6.07, 6.45) is 7.72. The summed E-state index contributed by atoms with van der Waals surface area (Å²) >= 11 is 0. The van der Waals surface area contributed by atoms with Gasteiger partial charge in [-0.3, -0.25) is 9.55 Å². The van der Waals surface area contributed by atoms with Crippen LogP contribution in [0.15, 0.2) is 249 Å². The maximum Gasteiger partial charge on any atom is 0.245 e. The van der Waals surface area contributed by atoms with Gasteiger partial charge in [0.2, 0.25) is 6.33 Å². The molecule has 0 unspecified atom stereocenters. The highest BCUT2D eigenvalue weighted by atomic mass is 16.5. The van der Waals surface area contributed by atoms with Crippen molar-refractivity contribution in [2.24, 2.45) is 0 Å². The minimum atomic E-state index is -0.538. The summed E-state index contributed by atoms with van der Waals surface area (Å²) in [4.78, 5) is 9.83. The van der Waals surface area contributed by atoms with Crippen molar-refractivity contribution in [3.05, 3.63) is 266 Å². The van der Waals surface area contributed by atoms with E-state index in [2.05, 4.69) is 145 Å². The van der Waals surface area contributed by atoms with Crippen LogP contribution in [0.1, 0.15) is 52.0 Å². The van der Waals surface area contributed by atoms with E-state index < -0.39 is 60.4 Å². The number of rotatable bonds is 12. The number of ether oxygens (including phenoxy) is 1. The second-order valence-corrected chi connectivity index (χ2v) is 20.8. The lowest BCUT2D eigenvalue weighted by molar-refractivity contribution is -0.676. The molecule has 380 valence electrons. The van der Waals surface area contributed by atoms with E-state index >= 15 is 0 Å². The average molecular weight is 1030 g/mol. The van der Waals surface area contributed by atoms with E-state index in [-0.39, 0.29) is 23.0 Å². The fourth-order valence-electron chi connectivity index (χ4n) is 11.3. The Kier molecular flexibility index (Phi) is 9.39. The monoisotopic (exact) mass is 1030 g/mol. The second-order valence-electron chi connectivity index (χ2n) is 20.8. The summed E-state index contributed by atoms with van der Waals surface area (Å²) in [5.74, 6) is 2.47. The van der Waals surface area contributed by atoms with Crippen molar-refractivity contribution >= 4 is 54.6 Å². The van der Waals surface area contributed by atoms with Gasteiger partial charge in [-0.05, 0) is 118 Å². The van der Waals surface area contributed by atoms with Crippen LogP contribution in [0.25, 0.3) is 105 Å². The molecule has 9 aromatic carbocycles. The molecule has 7 nitrogen and oxygen atoms in total. The van der Waals surface area contributed by atoms with Crippen LogP contribution in [0, 0.1) is 6.33 Å². The van der Waals surface area contributed by atoms with E-state index in [1.165, 1.54) is 10.8 Å². The van der Waals surface area contributed by atoms with Crippen LogP contribution in [-0.2, 0) is 18.4 Å². The summed E-state index contributed by atoms with van der Waals surface area (Å²) in [6.45, 7) is 6.98. The van der Waals surface area contributed by atoms with Gasteiger partial charge in [0.15, 0.2) is 0 Å². The smallest absolute Gasteiger partial charge is 0.245 e. The van der Waals surface area contributed by atoms with E-state index in [0.29, 0.717) is 47.0 Å². The predicted octanol–water partition coefficient (Wildman–Crippen LogP) is 17.4. The molecule has 0 saturated heterocycles. The molecular formula is C72H56N6O. The number of fused-ring (bicyclic) bond motifs is 7. The normalized spacial score (nSPS) is 13.7. The molecule has 0 radical (unpaired) electrons. The molecule has 0 fully saturated rings. The zero-order valence-corrected chi connectivity index (χ0v) is 43.6. The molecule has 5 aromatic heterocycles. The minimum absolute atomic E-state index is 0.0438. The van der Waals surface area contributed by atoms with Gasteiger partial charge in [0.25, 0.3) is 0 Å². The van der Waals surface area contributed by atoms with Crippen LogP contribution in [-0.4, -0.2) is 23.7 Å². The third-order valence-electron chi connectivity index (χ3n) is 14.9. The summed E-state index contributed by atoms with van der Waals surface area (Å²) in [5, 5.41) is 4.46. The molecule has 14 rings (SSSR count). The summed E-state index contributed by atoms with van der Waals surface area (Å²) in [6, 6.07) is 54.5. The summed E-state index contributed by atoms with van der Waals surface area (Å²) in [5.41, 5.74) is 11.1. The summed E-state index contributed by atoms with van der Waals surface area (Å²) in [7, 11) is 0. The third kappa shape index (κ3) is 8.61.